The van der Waals surface area contributed by atoms with Crippen molar-refractivity contribution in [2.24, 2.45) is 10.9 Å². The molecule has 216 valence electrons. The van der Waals surface area contributed by atoms with Crippen molar-refractivity contribution in [3.8, 4) is 5.88 Å². The maximum atomic E-state index is 13.7. The fourth-order valence-corrected chi connectivity index (χ4v) is 5.65. The molecule has 2 amide bonds. The van der Waals surface area contributed by atoms with Crippen LogP contribution in [-0.2, 0) is 11.2 Å². The lowest BCUT2D eigenvalue weighted by Gasteiger charge is -2.47. The number of aromatic nitrogens is 1. The number of methoxy groups -OCH3 is 1. The van der Waals surface area contributed by atoms with Crippen LogP contribution in [0.3, 0.4) is 0 Å². The summed E-state index contributed by atoms with van der Waals surface area (Å²) in [4.78, 5) is 39.9. The molecule has 2 aromatic carbocycles. The molecule has 1 atom stereocenters. The molecule has 0 saturated carbocycles. The third-order valence-corrected chi connectivity index (χ3v) is 7.86. The molecule has 1 aromatic heterocycles. The quantitative estimate of drug-likeness (QED) is 0.238. The number of halogens is 1. The summed E-state index contributed by atoms with van der Waals surface area (Å²) < 4.78 is 5.50. The van der Waals surface area contributed by atoms with Gasteiger partial charge in [-0.1, -0.05) is 60.5 Å². The number of piperazine rings is 1. The van der Waals surface area contributed by atoms with Gasteiger partial charge in [-0.3, -0.25) is 14.6 Å². The minimum atomic E-state index is -0.583. The number of fused-ring (bicyclic) bond motifs is 1. The summed E-state index contributed by atoms with van der Waals surface area (Å²) in [6.45, 7) is 9.23. The highest BCUT2D eigenvalue weighted by Crippen LogP contribution is 2.28. The molecular formula is C33H39ClN4O3. The van der Waals surface area contributed by atoms with Gasteiger partial charge >= 0.3 is 0 Å². The number of hydrogen-bond donors (Lipinski definition) is 0. The average molecular weight is 575 g/mol. The monoisotopic (exact) mass is 574 g/mol. The summed E-state index contributed by atoms with van der Waals surface area (Å²) in [5.74, 6) is 0.130. The Balaban J connectivity index is 1.42. The molecule has 7 nitrogen and oxygen atoms in total. The summed E-state index contributed by atoms with van der Waals surface area (Å²) >= 11 is 6.08. The summed E-state index contributed by atoms with van der Waals surface area (Å²) in [6.07, 6.45) is 5.68. The van der Waals surface area contributed by atoms with Crippen molar-refractivity contribution in [3.63, 3.8) is 0 Å². The second kappa shape index (κ2) is 12.9. The van der Waals surface area contributed by atoms with Crippen LogP contribution in [0.25, 0.3) is 10.8 Å². The van der Waals surface area contributed by atoms with Gasteiger partial charge in [-0.15, -0.1) is 0 Å². The molecule has 0 N–H and O–H groups in total. The van der Waals surface area contributed by atoms with E-state index in [1.165, 1.54) is 0 Å². The highest BCUT2D eigenvalue weighted by molar-refractivity contribution is 6.39. The second-order valence-corrected chi connectivity index (χ2v) is 11.7. The maximum absolute atomic E-state index is 13.7. The van der Waals surface area contributed by atoms with Crippen molar-refractivity contribution < 1.29 is 14.3 Å². The summed E-state index contributed by atoms with van der Waals surface area (Å²) in [5, 5.41) is 2.50. The predicted octanol–water partition coefficient (Wildman–Crippen LogP) is 6.16. The first-order chi connectivity index (χ1) is 19.5. The van der Waals surface area contributed by atoms with Crippen LogP contribution in [0.4, 0.5) is 0 Å². The van der Waals surface area contributed by atoms with E-state index in [9.17, 15) is 9.59 Å². The van der Waals surface area contributed by atoms with E-state index in [-0.39, 0.29) is 17.7 Å². The normalized spacial score (nSPS) is 16.3. The number of benzene rings is 2. The van der Waals surface area contributed by atoms with Crippen molar-refractivity contribution >= 4 is 39.9 Å². The third-order valence-electron chi connectivity index (χ3n) is 7.62. The van der Waals surface area contributed by atoms with Crippen LogP contribution < -0.4 is 4.74 Å². The van der Waals surface area contributed by atoms with Gasteiger partial charge in [0.05, 0.1) is 12.6 Å². The number of aliphatic imine (C=N–C) groups is 1. The lowest BCUT2D eigenvalue weighted by atomic mass is 9.94. The molecule has 1 saturated heterocycles. The molecule has 1 aliphatic rings. The zero-order chi connectivity index (χ0) is 29.7. The van der Waals surface area contributed by atoms with Crippen LogP contribution in [0.15, 0.2) is 65.7 Å². The third kappa shape index (κ3) is 6.96. The fraction of sp³-hybridized carbons (Fsp3) is 0.394. The van der Waals surface area contributed by atoms with Gasteiger partial charge in [0.1, 0.15) is 11.4 Å². The Morgan fingerprint density at radius 3 is 2.61 bits per heavy atom. The topological polar surface area (TPSA) is 75.1 Å². The van der Waals surface area contributed by atoms with Crippen molar-refractivity contribution in [2.45, 2.75) is 46.1 Å². The number of rotatable bonds is 8. The number of ether oxygens (including phenoxy) is 1. The van der Waals surface area contributed by atoms with Gasteiger partial charge in [-0.25, -0.2) is 4.98 Å². The van der Waals surface area contributed by atoms with Crippen LogP contribution in [0.2, 0.25) is 5.02 Å². The van der Waals surface area contributed by atoms with E-state index in [4.69, 9.17) is 16.3 Å². The lowest BCUT2D eigenvalue weighted by molar-refractivity contribution is -0.132. The molecule has 1 aliphatic heterocycles. The highest BCUT2D eigenvalue weighted by Gasteiger charge is 2.40. The first kappa shape index (κ1) is 30.3. The van der Waals surface area contributed by atoms with Crippen LogP contribution in [0.5, 0.6) is 5.88 Å². The van der Waals surface area contributed by atoms with Crippen molar-refractivity contribution in [2.75, 3.05) is 33.8 Å². The standard InChI is InChI=1S/C33H39ClN4O3/c1-22-14-15-27-25(18-22)20-28(36-30(27)41-6)31(39)37-16-17-38(33(3,4)21-37)32(40)29(35-5)23(2)10-7-8-11-24-12-9-13-26(34)19-24/h7-9,12-15,18-20,23H,10-11,16-17,21H2,1-6H3. The van der Waals surface area contributed by atoms with Crippen LogP contribution in [0.1, 0.15) is 48.8 Å². The van der Waals surface area contributed by atoms with E-state index in [2.05, 4.69) is 22.1 Å². The van der Waals surface area contributed by atoms with Gasteiger partial charge in [0.2, 0.25) is 5.88 Å². The SMILES string of the molecule is CN=C(C(=O)N1CCN(C(=O)c2cc3cc(C)ccc3c(OC)n2)CC1(C)C)C(C)CC=CCc1cccc(Cl)c1. The van der Waals surface area contributed by atoms with Crippen LogP contribution >= 0.6 is 11.6 Å². The van der Waals surface area contributed by atoms with Crippen molar-refractivity contribution in [1.82, 2.24) is 14.8 Å². The molecule has 8 heteroatoms. The first-order valence-corrected chi connectivity index (χ1v) is 14.3. The highest BCUT2D eigenvalue weighted by atomic mass is 35.5. The smallest absolute Gasteiger partial charge is 0.272 e. The van der Waals surface area contributed by atoms with Crippen molar-refractivity contribution in [3.05, 3.63) is 82.5 Å². The van der Waals surface area contributed by atoms with E-state index in [1.54, 1.807) is 19.1 Å². The van der Waals surface area contributed by atoms with E-state index >= 15 is 0 Å². The largest absolute Gasteiger partial charge is 0.481 e. The predicted molar refractivity (Wildman–Crippen MR) is 166 cm³/mol. The molecule has 2 heterocycles. The van der Waals surface area contributed by atoms with Gasteiger partial charge in [0.15, 0.2) is 0 Å². The maximum Gasteiger partial charge on any atom is 0.272 e. The fourth-order valence-electron chi connectivity index (χ4n) is 5.44. The lowest BCUT2D eigenvalue weighted by Crippen LogP contribution is -2.63. The summed E-state index contributed by atoms with van der Waals surface area (Å²) in [6, 6.07) is 15.6. The number of carbonyl (C=O) groups excluding carboxylic acids is 2. The van der Waals surface area contributed by atoms with Crippen LogP contribution in [0, 0.1) is 12.8 Å². The van der Waals surface area contributed by atoms with Gasteiger partial charge < -0.3 is 14.5 Å². The summed E-state index contributed by atoms with van der Waals surface area (Å²) in [7, 11) is 3.24. The Morgan fingerprint density at radius 1 is 1.15 bits per heavy atom. The second-order valence-electron chi connectivity index (χ2n) is 11.3. The number of nitrogens with zero attached hydrogens (tertiary/aromatic N) is 4. The average Bonchev–Trinajstić information content (AvgIpc) is 2.93. The number of amides is 2. The minimum Gasteiger partial charge on any atom is -0.481 e. The van der Waals surface area contributed by atoms with E-state index in [0.717, 1.165) is 33.3 Å². The number of pyridine rings is 1. The van der Waals surface area contributed by atoms with Gasteiger partial charge in [0.25, 0.3) is 11.8 Å². The van der Waals surface area contributed by atoms with Crippen molar-refractivity contribution in [1.29, 1.82) is 0 Å². The molecular weight excluding hydrogens is 536 g/mol. The zero-order valence-electron chi connectivity index (χ0n) is 24.8. The Kier molecular flexibility index (Phi) is 9.49. The molecule has 0 aliphatic carbocycles. The zero-order valence-corrected chi connectivity index (χ0v) is 25.5. The van der Waals surface area contributed by atoms with Gasteiger partial charge in [-0.05, 0) is 68.8 Å². The molecule has 41 heavy (non-hydrogen) atoms. The van der Waals surface area contributed by atoms with E-state index in [1.807, 2.05) is 81.1 Å². The molecule has 0 radical (unpaired) electrons. The minimum absolute atomic E-state index is 0.0451. The Labute approximate surface area is 247 Å². The number of allylic oxidation sites excluding steroid dienone is 2. The molecule has 1 fully saturated rings. The molecule has 0 spiro atoms. The first-order valence-electron chi connectivity index (χ1n) is 14.0. The Bertz CT molecular complexity index is 1500. The number of aryl methyl sites for hydroxylation is 1. The van der Waals surface area contributed by atoms with Gasteiger partial charge in [-0.2, -0.15) is 0 Å². The summed E-state index contributed by atoms with van der Waals surface area (Å²) in [5.41, 5.74) is 2.53. The van der Waals surface area contributed by atoms with E-state index < -0.39 is 5.54 Å². The molecule has 1 unspecified atom stereocenters. The Hall–Kier alpha value is -3.71. The van der Waals surface area contributed by atoms with E-state index in [0.29, 0.717) is 43.3 Å². The number of carbonyl (C=O) groups is 2. The van der Waals surface area contributed by atoms with Gasteiger partial charge in [0, 0.05) is 43.0 Å². The number of hydrogen-bond acceptors (Lipinski definition) is 5. The molecule has 3 aromatic rings. The Morgan fingerprint density at radius 2 is 1.93 bits per heavy atom. The molecule has 4 rings (SSSR count). The molecule has 0 bridgehead atoms. The van der Waals surface area contributed by atoms with Crippen LogP contribution in [-0.4, -0.2) is 71.6 Å².